The number of hydrogen-bond donors (Lipinski definition) is 1. The highest BCUT2D eigenvalue weighted by molar-refractivity contribution is 7.18. The summed E-state index contributed by atoms with van der Waals surface area (Å²) in [5.74, 6) is -0.0671. The highest BCUT2D eigenvalue weighted by atomic mass is 32.1. The van der Waals surface area contributed by atoms with Crippen LogP contribution >= 0.6 is 11.3 Å². The van der Waals surface area contributed by atoms with Gasteiger partial charge in [-0.2, -0.15) is 0 Å². The van der Waals surface area contributed by atoms with Crippen molar-refractivity contribution in [2.45, 2.75) is 52.5 Å². The second-order valence-corrected chi connectivity index (χ2v) is 9.12. The Labute approximate surface area is 168 Å². The quantitative estimate of drug-likeness (QED) is 0.800. The van der Waals surface area contributed by atoms with Crippen LogP contribution in [0.15, 0.2) is 11.1 Å². The van der Waals surface area contributed by atoms with E-state index >= 15 is 0 Å². The number of amides is 2. The lowest BCUT2D eigenvalue weighted by molar-refractivity contribution is -0.139. The van der Waals surface area contributed by atoms with Crippen LogP contribution < -0.4 is 10.9 Å². The van der Waals surface area contributed by atoms with Gasteiger partial charge in [0.05, 0.1) is 17.1 Å². The van der Waals surface area contributed by atoms with Crippen LogP contribution in [0, 0.1) is 19.3 Å². The zero-order valence-electron chi connectivity index (χ0n) is 17.0. The zero-order valence-corrected chi connectivity index (χ0v) is 17.8. The van der Waals surface area contributed by atoms with Gasteiger partial charge in [-0.1, -0.05) is 12.8 Å². The molecule has 7 nitrogen and oxygen atoms in total. The zero-order chi connectivity index (χ0) is 20.5. The first-order chi connectivity index (χ1) is 13.2. The second-order valence-electron chi connectivity index (χ2n) is 7.92. The molecule has 0 aromatic carbocycles. The summed E-state index contributed by atoms with van der Waals surface area (Å²) >= 11 is 1.51. The number of aryl methyl sites for hydroxylation is 3. The number of nitrogens with one attached hydrogen (secondary N) is 1. The van der Waals surface area contributed by atoms with E-state index in [-0.39, 0.29) is 30.3 Å². The first-order valence-corrected chi connectivity index (χ1v) is 10.5. The maximum absolute atomic E-state index is 12.7. The normalized spacial score (nSPS) is 15.7. The lowest BCUT2D eigenvalue weighted by atomic mass is 9.84. The maximum atomic E-state index is 12.7. The van der Waals surface area contributed by atoms with Crippen molar-refractivity contribution in [3.8, 4) is 0 Å². The Bertz CT molecular complexity index is 954. The van der Waals surface area contributed by atoms with E-state index in [1.807, 2.05) is 13.8 Å². The molecule has 8 heteroatoms. The van der Waals surface area contributed by atoms with E-state index in [0.29, 0.717) is 11.9 Å². The number of nitrogens with zero attached hydrogens (tertiary/aromatic N) is 3. The molecule has 1 aliphatic rings. The van der Waals surface area contributed by atoms with Crippen LogP contribution in [0.4, 0.5) is 0 Å². The average Bonchev–Trinajstić information content (AvgIpc) is 3.25. The molecule has 0 atom stereocenters. The minimum Gasteiger partial charge on any atom is -0.355 e. The first-order valence-electron chi connectivity index (χ1n) is 9.69. The topological polar surface area (TPSA) is 84.3 Å². The van der Waals surface area contributed by atoms with Crippen LogP contribution in [0.5, 0.6) is 0 Å². The predicted molar refractivity (Wildman–Crippen MR) is 111 cm³/mol. The Morgan fingerprint density at radius 2 is 1.96 bits per heavy atom. The first kappa shape index (κ1) is 20.5. The number of rotatable bonds is 6. The van der Waals surface area contributed by atoms with Crippen LogP contribution in [0.3, 0.4) is 0 Å². The molecule has 2 heterocycles. The van der Waals surface area contributed by atoms with Crippen molar-refractivity contribution in [2.75, 3.05) is 20.6 Å². The molecule has 0 unspecified atom stereocenters. The van der Waals surface area contributed by atoms with Gasteiger partial charge in [0.1, 0.15) is 4.83 Å². The van der Waals surface area contributed by atoms with Gasteiger partial charge in [-0.05, 0) is 32.3 Å². The summed E-state index contributed by atoms with van der Waals surface area (Å²) in [4.78, 5) is 45.5. The molecule has 152 valence electrons. The van der Waals surface area contributed by atoms with Crippen LogP contribution in [-0.4, -0.2) is 46.9 Å². The Morgan fingerprint density at radius 1 is 1.29 bits per heavy atom. The van der Waals surface area contributed by atoms with Crippen LogP contribution in [0.1, 0.15) is 42.5 Å². The lowest BCUT2D eigenvalue weighted by Gasteiger charge is -2.30. The van der Waals surface area contributed by atoms with Gasteiger partial charge in [0.15, 0.2) is 0 Å². The molecule has 0 spiro atoms. The molecule has 3 rings (SSSR count). The third-order valence-electron chi connectivity index (χ3n) is 5.78. The summed E-state index contributed by atoms with van der Waals surface area (Å²) in [6.07, 6.45) is 5.33. The fraction of sp³-hybridized carbons (Fsp3) is 0.600. The Kier molecular flexibility index (Phi) is 5.88. The highest BCUT2D eigenvalue weighted by Gasteiger charge is 2.42. The Hall–Kier alpha value is -2.22. The Morgan fingerprint density at radius 3 is 2.61 bits per heavy atom. The van der Waals surface area contributed by atoms with E-state index in [2.05, 4.69) is 10.3 Å². The van der Waals surface area contributed by atoms with Gasteiger partial charge in [-0.3, -0.25) is 19.0 Å². The minimum atomic E-state index is -0.484. The van der Waals surface area contributed by atoms with Gasteiger partial charge < -0.3 is 10.2 Å². The van der Waals surface area contributed by atoms with Crippen LogP contribution in [0.25, 0.3) is 10.2 Å². The number of aromatic nitrogens is 2. The van der Waals surface area contributed by atoms with Crippen molar-refractivity contribution in [3.63, 3.8) is 0 Å². The van der Waals surface area contributed by atoms with Gasteiger partial charge in [0.25, 0.3) is 5.56 Å². The SMILES string of the molecule is Cc1sc2ncn(CCC(=O)NCC3(C(=O)N(C)C)CCCC3)c(=O)c2c1C. The molecule has 1 N–H and O–H groups in total. The highest BCUT2D eigenvalue weighted by Crippen LogP contribution is 2.38. The molecule has 2 amide bonds. The smallest absolute Gasteiger partial charge is 0.262 e. The fourth-order valence-corrected chi connectivity index (χ4v) is 4.99. The van der Waals surface area contributed by atoms with Crippen LogP contribution in [-0.2, 0) is 16.1 Å². The van der Waals surface area contributed by atoms with Gasteiger partial charge in [-0.15, -0.1) is 11.3 Å². The molecule has 2 aromatic heterocycles. The number of thiophene rings is 1. The number of carbonyl (C=O) groups excluding carboxylic acids is 2. The minimum absolute atomic E-state index is 0.0828. The summed E-state index contributed by atoms with van der Waals surface area (Å²) in [7, 11) is 3.52. The fourth-order valence-electron chi connectivity index (χ4n) is 4.00. The number of hydrogen-bond acceptors (Lipinski definition) is 5. The second kappa shape index (κ2) is 8.03. The van der Waals surface area contributed by atoms with Gasteiger partial charge in [-0.25, -0.2) is 4.98 Å². The molecule has 28 heavy (non-hydrogen) atoms. The third kappa shape index (κ3) is 3.83. The van der Waals surface area contributed by atoms with E-state index in [1.54, 1.807) is 19.0 Å². The van der Waals surface area contributed by atoms with Gasteiger partial charge >= 0.3 is 0 Å². The molecular formula is C20H28N4O3S. The van der Waals surface area contributed by atoms with Gasteiger partial charge in [0, 0.05) is 38.5 Å². The standard InChI is InChI=1S/C20H28N4O3S/c1-13-14(2)28-17-16(13)18(26)24(12-22-17)10-7-15(25)21-11-20(8-5-6-9-20)19(27)23(3)4/h12H,5-11H2,1-4H3,(H,21,25). The number of fused-ring (bicyclic) bond motifs is 1. The molecule has 0 saturated heterocycles. The molecular weight excluding hydrogens is 376 g/mol. The molecule has 1 fully saturated rings. The van der Waals surface area contributed by atoms with E-state index in [9.17, 15) is 14.4 Å². The van der Waals surface area contributed by atoms with E-state index < -0.39 is 5.41 Å². The van der Waals surface area contributed by atoms with E-state index in [4.69, 9.17) is 0 Å². The predicted octanol–water partition coefficient (Wildman–Crippen LogP) is 2.23. The molecule has 1 saturated carbocycles. The van der Waals surface area contributed by atoms with Crippen molar-refractivity contribution in [1.29, 1.82) is 0 Å². The summed E-state index contributed by atoms with van der Waals surface area (Å²) in [5.41, 5.74) is 0.373. The van der Waals surface area contributed by atoms with Crippen molar-refractivity contribution in [3.05, 3.63) is 27.1 Å². The third-order valence-corrected chi connectivity index (χ3v) is 6.90. The van der Waals surface area contributed by atoms with E-state index in [1.165, 1.54) is 22.2 Å². The molecule has 1 aliphatic carbocycles. The summed E-state index contributed by atoms with van der Waals surface area (Å²) in [6, 6.07) is 0. The largest absolute Gasteiger partial charge is 0.355 e. The molecule has 0 aliphatic heterocycles. The van der Waals surface area contributed by atoms with Crippen molar-refractivity contribution in [1.82, 2.24) is 19.8 Å². The Balaban J connectivity index is 1.64. The van der Waals surface area contributed by atoms with Crippen molar-refractivity contribution < 1.29 is 9.59 Å². The summed E-state index contributed by atoms with van der Waals surface area (Å²) < 4.78 is 1.50. The average molecular weight is 405 g/mol. The molecule has 2 aromatic rings. The lowest BCUT2D eigenvalue weighted by Crippen LogP contribution is -2.46. The monoisotopic (exact) mass is 404 g/mol. The molecule has 0 bridgehead atoms. The number of carbonyl (C=O) groups is 2. The van der Waals surface area contributed by atoms with Crippen molar-refractivity contribution in [2.24, 2.45) is 5.41 Å². The summed E-state index contributed by atoms with van der Waals surface area (Å²) in [6.45, 7) is 4.54. The van der Waals surface area contributed by atoms with E-state index in [0.717, 1.165) is 41.0 Å². The van der Waals surface area contributed by atoms with Crippen molar-refractivity contribution >= 4 is 33.4 Å². The molecule has 0 radical (unpaired) electrons. The maximum Gasteiger partial charge on any atom is 0.262 e. The van der Waals surface area contributed by atoms with Crippen LogP contribution in [0.2, 0.25) is 0 Å². The summed E-state index contributed by atoms with van der Waals surface area (Å²) in [5, 5.41) is 3.57. The van der Waals surface area contributed by atoms with Gasteiger partial charge in [0.2, 0.25) is 11.8 Å².